The molecule has 0 aliphatic rings. The van der Waals surface area contributed by atoms with E-state index in [0.717, 1.165) is 11.8 Å². The third-order valence-electron chi connectivity index (χ3n) is 9.98. The summed E-state index contributed by atoms with van der Waals surface area (Å²) in [6.45, 7) is 14.8. The van der Waals surface area contributed by atoms with Gasteiger partial charge in [0.1, 0.15) is 0 Å². The van der Waals surface area contributed by atoms with Gasteiger partial charge in [-0.25, -0.2) is 0 Å². The lowest BCUT2D eigenvalue weighted by Gasteiger charge is -2.31. The second-order valence-corrected chi connectivity index (χ2v) is 14.9. The van der Waals surface area contributed by atoms with Gasteiger partial charge in [0.05, 0.1) is 0 Å². The SMILES string of the molecule is CCCCCCCCC(CCCCCC)CN(CCCCCCCCCN(C)C)CC(CCCCCC)CCCCCC. The zero-order chi connectivity index (χ0) is 31.6. The molecule has 43 heavy (non-hydrogen) atoms. The van der Waals surface area contributed by atoms with E-state index in [2.05, 4.69) is 51.6 Å². The summed E-state index contributed by atoms with van der Waals surface area (Å²) < 4.78 is 0. The fourth-order valence-corrected chi connectivity index (χ4v) is 7.08. The topological polar surface area (TPSA) is 6.48 Å². The Bertz CT molecular complexity index is 492. The Kier molecular flexibility index (Phi) is 34.7. The van der Waals surface area contributed by atoms with E-state index in [9.17, 15) is 0 Å². The maximum atomic E-state index is 3.02. The lowest BCUT2D eigenvalue weighted by molar-refractivity contribution is 0.170. The van der Waals surface area contributed by atoms with Crippen molar-refractivity contribution in [3.05, 3.63) is 0 Å². The minimum absolute atomic E-state index is 0.931. The van der Waals surface area contributed by atoms with Crippen molar-refractivity contribution in [3.63, 3.8) is 0 Å². The number of hydrogen-bond donors (Lipinski definition) is 0. The van der Waals surface area contributed by atoms with E-state index in [4.69, 9.17) is 0 Å². The fourth-order valence-electron chi connectivity index (χ4n) is 7.08. The summed E-state index contributed by atoms with van der Waals surface area (Å²) in [6, 6.07) is 0. The zero-order valence-corrected chi connectivity index (χ0v) is 31.4. The summed E-state index contributed by atoms with van der Waals surface area (Å²) in [6.07, 6.45) is 41.7. The van der Waals surface area contributed by atoms with Crippen LogP contribution in [-0.4, -0.2) is 50.1 Å². The Morgan fingerprint density at radius 1 is 0.326 bits per heavy atom. The van der Waals surface area contributed by atoms with Gasteiger partial charge in [-0.2, -0.15) is 0 Å². The van der Waals surface area contributed by atoms with Crippen LogP contribution < -0.4 is 0 Å². The van der Waals surface area contributed by atoms with E-state index in [1.807, 2.05) is 0 Å². The molecule has 0 aromatic carbocycles. The molecule has 1 unspecified atom stereocenters. The minimum atomic E-state index is 0.931. The largest absolute Gasteiger partial charge is 0.309 e. The third kappa shape index (κ3) is 31.7. The average molecular weight is 607 g/mol. The van der Waals surface area contributed by atoms with Crippen molar-refractivity contribution < 1.29 is 0 Å². The van der Waals surface area contributed by atoms with Gasteiger partial charge in [-0.3, -0.25) is 0 Å². The van der Waals surface area contributed by atoms with Crippen molar-refractivity contribution in [1.82, 2.24) is 9.80 Å². The molecule has 0 aliphatic carbocycles. The van der Waals surface area contributed by atoms with Crippen LogP contribution in [0.1, 0.15) is 214 Å². The first-order valence-corrected chi connectivity index (χ1v) is 20.4. The molecule has 0 bridgehead atoms. The predicted octanol–water partition coefficient (Wildman–Crippen LogP) is 13.5. The van der Waals surface area contributed by atoms with Crippen LogP contribution in [-0.2, 0) is 0 Å². The molecule has 0 aromatic heterocycles. The molecule has 0 rings (SSSR count). The molecule has 1 atom stereocenters. The van der Waals surface area contributed by atoms with Gasteiger partial charge in [-0.15, -0.1) is 0 Å². The highest BCUT2D eigenvalue weighted by Gasteiger charge is 2.19. The molecule has 0 saturated heterocycles. The molecule has 2 heteroatoms. The minimum Gasteiger partial charge on any atom is -0.309 e. The van der Waals surface area contributed by atoms with E-state index < -0.39 is 0 Å². The van der Waals surface area contributed by atoms with Gasteiger partial charge < -0.3 is 9.80 Å². The van der Waals surface area contributed by atoms with Crippen LogP contribution in [0.3, 0.4) is 0 Å². The lowest BCUT2D eigenvalue weighted by atomic mass is 9.91. The van der Waals surface area contributed by atoms with Gasteiger partial charge in [-0.05, 0) is 77.5 Å². The van der Waals surface area contributed by atoms with E-state index in [1.165, 1.54) is 212 Å². The normalized spacial score (nSPS) is 12.8. The van der Waals surface area contributed by atoms with E-state index in [1.54, 1.807) is 0 Å². The summed E-state index contributed by atoms with van der Waals surface area (Å²) in [5, 5.41) is 0. The van der Waals surface area contributed by atoms with E-state index >= 15 is 0 Å². The van der Waals surface area contributed by atoms with E-state index in [0.29, 0.717) is 0 Å². The maximum Gasteiger partial charge on any atom is 0.000977 e. The second kappa shape index (κ2) is 34.8. The quantitative estimate of drug-likeness (QED) is 0.0654. The second-order valence-electron chi connectivity index (χ2n) is 14.9. The smallest absolute Gasteiger partial charge is 0.000977 e. The Morgan fingerprint density at radius 2 is 0.605 bits per heavy atom. The standard InChI is InChI=1S/C41H86N2/c1-7-11-15-19-23-29-35-41(34-28-18-14-10-4)39-43(37-31-25-22-20-21-24-30-36-42(5)6)38-40(32-26-16-12-8-2)33-27-17-13-9-3/h40-41H,7-39H2,1-6H3. The van der Waals surface area contributed by atoms with Crippen molar-refractivity contribution in [2.45, 2.75) is 214 Å². The van der Waals surface area contributed by atoms with Crippen molar-refractivity contribution >= 4 is 0 Å². The summed E-state index contributed by atoms with van der Waals surface area (Å²) in [5.41, 5.74) is 0. The summed E-state index contributed by atoms with van der Waals surface area (Å²) in [4.78, 5) is 5.35. The molecule has 0 fully saturated rings. The first kappa shape index (κ1) is 42.9. The van der Waals surface area contributed by atoms with Gasteiger partial charge in [0.15, 0.2) is 0 Å². The van der Waals surface area contributed by atoms with Gasteiger partial charge in [0, 0.05) is 13.1 Å². The molecule has 0 saturated carbocycles. The first-order chi connectivity index (χ1) is 21.1. The molecule has 0 N–H and O–H groups in total. The molecule has 0 amide bonds. The highest BCUT2D eigenvalue weighted by molar-refractivity contribution is 4.73. The van der Waals surface area contributed by atoms with Gasteiger partial charge in [0.25, 0.3) is 0 Å². The fraction of sp³-hybridized carbons (Fsp3) is 1.00. The Labute approximate surface area is 275 Å². The van der Waals surface area contributed by atoms with Crippen LogP contribution in [0.15, 0.2) is 0 Å². The Morgan fingerprint density at radius 3 is 0.953 bits per heavy atom. The summed E-state index contributed by atoms with van der Waals surface area (Å²) >= 11 is 0. The van der Waals surface area contributed by atoms with E-state index in [-0.39, 0.29) is 0 Å². The van der Waals surface area contributed by atoms with Crippen molar-refractivity contribution in [2.24, 2.45) is 11.8 Å². The van der Waals surface area contributed by atoms with Crippen molar-refractivity contribution in [2.75, 3.05) is 40.3 Å². The highest BCUT2D eigenvalue weighted by Crippen LogP contribution is 2.24. The lowest BCUT2D eigenvalue weighted by Crippen LogP contribution is -2.35. The first-order valence-electron chi connectivity index (χ1n) is 20.4. The predicted molar refractivity (Wildman–Crippen MR) is 199 cm³/mol. The van der Waals surface area contributed by atoms with Crippen LogP contribution in [0, 0.1) is 11.8 Å². The van der Waals surface area contributed by atoms with Crippen LogP contribution >= 0.6 is 0 Å². The molecule has 0 spiro atoms. The number of nitrogens with zero attached hydrogens (tertiary/aromatic N) is 2. The Balaban J connectivity index is 5.12. The van der Waals surface area contributed by atoms with Crippen molar-refractivity contribution in [1.29, 1.82) is 0 Å². The summed E-state index contributed by atoms with van der Waals surface area (Å²) in [5.74, 6) is 1.86. The number of rotatable bonds is 36. The molecule has 0 aromatic rings. The monoisotopic (exact) mass is 607 g/mol. The van der Waals surface area contributed by atoms with Crippen LogP contribution in [0.4, 0.5) is 0 Å². The molecule has 260 valence electrons. The van der Waals surface area contributed by atoms with Gasteiger partial charge in [-0.1, -0.05) is 175 Å². The number of hydrogen-bond acceptors (Lipinski definition) is 2. The maximum absolute atomic E-state index is 3.02. The Hall–Kier alpha value is -0.0800. The molecule has 0 radical (unpaired) electrons. The van der Waals surface area contributed by atoms with Crippen LogP contribution in [0.5, 0.6) is 0 Å². The number of unbranched alkanes of at least 4 members (excludes halogenated alkanes) is 20. The molecular weight excluding hydrogens is 520 g/mol. The van der Waals surface area contributed by atoms with Crippen molar-refractivity contribution in [3.8, 4) is 0 Å². The van der Waals surface area contributed by atoms with Crippen LogP contribution in [0.2, 0.25) is 0 Å². The third-order valence-corrected chi connectivity index (χ3v) is 9.98. The molecule has 0 aliphatic heterocycles. The molecule has 2 nitrogen and oxygen atoms in total. The summed E-state index contributed by atoms with van der Waals surface area (Å²) in [7, 11) is 4.41. The van der Waals surface area contributed by atoms with Gasteiger partial charge >= 0.3 is 0 Å². The highest BCUT2D eigenvalue weighted by atomic mass is 15.1. The zero-order valence-electron chi connectivity index (χ0n) is 31.4. The average Bonchev–Trinajstić information content (AvgIpc) is 2.99. The van der Waals surface area contributed by atoms with Gasteiger partial charge in [0.2, 0.25) is 0 Å². The molecule has 0 heterocycles. The van der Waals surface area contributed by atoms with Crippen LogP contribution in [0.25, 0.3) is 0 Å². The molecular formula is C41H86N2.